The molecule has 0 spiro atoms. The van der Waals surface area contributed by atoms with Crippen LogP contribution < -0.4 is 5.32 Å². The van der Waals surface area contributed by atoms with Crippen LogP contribution in [0, 0.1) is 5.92 Å². The summed E-state index contributed by atoms with van der Waals surface area (Å²) in [7, 11) is 0. The van der Waals surface area contributed by atoms with Crippen LogP contribution in [0.2, 0.25) is 0 Å². The maximum Gasteiger partial charge on any atom is 0.407 e. The fourth-order valence-electron chi connectivity index (χ4n) is 2.59. The zero-order valence-corrected chi connectivity index (χ0v) is 13.1. The van der Waals surface area contributed by atoms with Gasteiger partial charge in [0.25, 0.3) is 0 Å². The van der Waals surface area contributed by atoms with Gasteiger partial charge < -0.3 is 14.8 Å². The molecule has 6 heteroatoms. The number of carbonyl (C=O) groups is 3. The third-order valence-corrected chi connectivity index (χ3v) is 3.77. The lowest BCUT2D eigenvalue weighted by atomic mass is 9.84. The minimum absolute atomic E-state index is 0.0127. The second-order valence-electron chi connectivity index (χ2n) is 5.45. The standard InChI is InChI=1S/C17H21NO5/c1-2-22-16(20)14-10-13(19)8-9-15(14)18-17(21)23-11-12-6-4-3-5-7-12/h3-7,14-15H,2,8-11H2,1H3,(H,18,21). The molecule has 0 aliphatic heterocycles. The van der Waals surface area contributed by atoms with Gasteiger partial charge in [-0.2, -0.15) is 0 Å². The van der Waals surface area contributed by atoms with Gasteiger partial charge in [0.05, 0.1) is 12.5 Å². The molecule has 1 amide bonds. The zero-order chi connectivity index (χ0) is 16.7. The molecule has 2 rings (SSSR count). The number of ketones is 1. The smallest absolute Gasteiger partial charge is 0.407 e. The number of amides is 1. The van der Waals surface area contributed by atoms with Crippen molar-refractivity contribution in [1.82, 2.24) is 5.32 Å². The average molecular weight is 319 g/mol. The second-order valence-corrected chi connectivity index (χ2v) is 5.45. The van der Waals surface area contributed by atoms with Crippen molar-refractivity contribution in [3.05, 3.63) is 35.9 Å². The lowest BCUT2D eigenvalue weighted by molar-refractivity contribution is -0.152. The fourth-order valence-corrected chi connectivity index (χ4v) is 2.59. The first-order valence-electron chi connectivity index (χ1n) is 7.75. The highest BCUT2D eigenvalue weighted by molar-refractivity contribution is 5.87. The Kier molecular flexibility index (Phi) is 6.14. The molecule has 2 unspecified atom stereocenters. The van der Waals surface area contributed by atoms with Gasteiger partial charge in [-0.1, -0.05) is 30.3 Å². The zero-order valence-electron chi connectivity index (χ0n) is 13.1. The molecule has 1 saturated carbocycles. The Bertz CT molecular complexity index is 557. The molecule has 0 heterocycles. The summed E-state index contributed by atoms with van der Waals surface area (Å²) in [6.45, 7) is 2.11. The van der Waals surface area contributed by atoms with Crippen LogP contribution >= 0.6 is 0 Å². The Morgan fingerprint density at radius 1 is 1.22 bits per heavy atom. The molecule has 1 aliphatic rings. The summed E-state index contributed by atoms with van der Waals surface area (Å²) in [6.07, 6.45) is 0.271. The highest BCUT2D eigenvalue weighted by atomic mass is 16.5. The van der Waals surface area contributed by atoms with Gasteiger partial charge in [0, 0.05) is 18.9 Å². The number of Topliss-reactive ketones (excluding diaryl/α,β-unsaturated/α-hetero) is 1. The first-order valence-corrected chi connectivity index (χ1v) is 7.75. The van der Waals surface area contributed by atoms with E-state index in [1.54, 1.807) is 6.92 Å². The highest BCUT2D eigenvalue weighted by Crippen LogP contribution is 2.23. The Morgan fingerprint density at radius 2 is 1.96 bits per heavy atom. The Labute approximate surface area is 135 Å². The van der Waals surface area contributed by atoms with Crippen molar-refractivity contribution in [2.24, 2.45) is 5.92 Å². The van der Waals surface area contributed by atoms with E-state index < -0.39 is 24.0 Å². The largest absolute Gasteiger partial charge is 0.466 e. The Balaban J connectivity index is 1.89. The SMILES string of the molecule is CCOC(=O)C1CC(=O)CCC1NC(=O)OCc1ccccc1. The van der Waals surface area contributed by atoms with Crippen LogP contribution in [0.4, 0.5) is 4.79 Å². The van der Waals surface area contributed by atoms with Gasteiger partial charge in [0.2, 0.25) is 0 Å². The van der Waals surface area contributed by atoms with Crippen molar-refractivity contribution in [3.8, 4) is 0 Å². The van der Waals surface area contributed by atoms with Gasteiger partial charge in [-0.05, 0) is 18.9 Å². The maximum absolute atomic E-state index is 11.9. The van der Waals surface area contributed by atoms with Crippen LogP contribution in [-0.2, 0) is 25.7 Å². The van der Waals surface area contributed by atoms with Crippen molar-refractivity contribution >= 4 is 17.8 Å². The second kappa shape index (κ2) is 8.31. The van der Waals surface area contributed by atoms with Crippen LogP contribution in [-0.4, -0.2) is 30.5 Å². The molecular weight excluding hydrogens is 298 g/mol. The van der Waals surface area contributed by atoms with E-state index in [4.69, 9.17) is 9.47 Å². The van der Waals surface area contributed by atoms with E-state index in [0.29, 0.717) is 12.8 Å². The van der Waals surface area contributed by atoms with E-state index in [9.17, 15) is 14.4 Å². The van der Waals surface area contributed by atoms with Crippen molar-refractivity contribution in [3.63, 3.8) is 0 Å². The highest BCUT2D eigenvalue weighted by Gasteiger charge is 2.36. The lowest BCUT2D eigenvalue weighted by Gasteiger charge is -2.29. The van der Waals surface area contributed by atoms with Crippen LogP contribution in [0.15, 0.2) is 30.3 Å². The van der Waals surface area contributed by atoms with Crippen molar-refractivity contribution < 1.29 is 23.9 Å². The Morgan fingerprint density at radius 3 is 2.65 bits per heavy atom. The van der Waals surface area contributed by atoms with E-state index in [0.717, 1.165) is 5.56 Å². The summed E-state index contributed by atoms with van der Waals surface area (Å²) < 4.78 is 10.1. The monoisotopic (exact) mass is 319 g/mol. The molecule has 2 atom stereocenters. The maximum atomic E-state index is 11.9. The molecule has 6 nitrogen and oxygen atoms in total. The fraction of sp³-hybridized carbons (Fsp3) is 0.471. The third kappa shape index (κ3) is 5.09. The molecule has 1 N–H and O–H groups in total. The van der Waals surface area contributed by atoms with Gasteiger partial charge in [-0.3, -0.25) is 9.59 Å². The third-order valence-electron chi connectivity index (χ3n) is 3.77. The number of nitrogens with one attached hydrogen (secondary N) is 1. The average Bonchev–Trinajstić information content (AvgIpc) is 2.56. The molecule has 1 fully saturated rings. The Hall–Kier alpha value is -2.37. The van der Waals surface area contributed by atoms with Crippen molar-refractivity contribution in [2.75, 3.05) is 6.61 Å². The van der Waals surface area contributed by atoms with Crippen molar-refractivity contribution in [2.45, 2.75) is 38.8 Å². The minimum atomic E-state index is -0.638. The van der Waals surface area contributed by atoms with E-state index in [1.165, 1.54) is 0 Å². The molecular formula is C17H21NO5. The number of esters is 1. The minimum Gasteiger partial charge on any atom is -0.466 e. The van der Waals surface area contributed by atoms with Gasteiger partial charge in [0.1, 0.15) is 12.4 Å². The molecule has 0 bridgehead atoms. The molecule has 0 aromatic heterocycles. The van der Waals surface area contributed by atoms with Crippen LogP contribution in [0.25, 0.3) is 0 Å². The predicted molar refractivity (Wildman–Crippen MR) is 82.5 cm³/mol. The van der Waals surface area contributed by atoms with Gasteiger partial charge in [-0.25, -0.2) is 4.79 Å². The van der Waals surface area contributed by atoms with Gasteiger partial charge >= 0.3 is 12.1 Å². The normalized spacial score (nSPS) is 20.7. The summed E-state index contributed by atoms with van der Waals surface area (Å²) in [4.78, 5) is 35.4. The number of hydrogen-bond donors (Lipinski definition) is 1. The molecule has 0 radical (unpaired) electrons. The van der Waals surface area contributed by atoms with E-state index >= 15 is 0 Å². The number of alkyl carbamates (subject to hydrolysis) is 1. The molecule has 1 aliphatic carbocycles. The van der Waals surface area contributed by atoms with Crippen LogP contribution in [0.3, 0.4) is 0 Å². The lowest BCUT2D eigenvalue weighted by Crippen LogP contribution is -2.47. The van der Waals surface area contributed by atoms with Gasteiger partial charge in [-0.15, -0.1) is 0 Å². The first-order chi connectivity index (χ1) is 11.1. The van der Waals surface area contributed by atoms with Crippen LogP contribution in [0.5, 0.6) is 0 Å². The number of benzene rings is 1. The number of rotatable bonds is 5. The van der Waals surface area contributed by atoms with E-state index in [2.05, 4.69) is 5.32 Å². The molecule has 124 valence electrons. The molecule has 1 aromatic carbocycles. The first kappa shape index (κ1) is 17.0. The number of carbonyl (C=O) groups excluding carboxylic acids is 3. The number of ether oxygens (including phenoxy) is 2. The summed E-state index contributed by atoms with van der Waals surface area (Å²) in [5.74, 6) is -1.08. The molecule has 23 heavy (non-hydrogen) atoms. The van der Waals surface area contributed by atoms with Gasteiger partial charge in [0.15, 0.2) is 0 Å². The van der Waals surface area contributed by atoms with Crippen LogP contribution in [0.1, 0.15) is 31.7 Å². The van der Waals surface area contributed by atoms with Crippen molar-refractivity contribution in [1.29, 1.82) is 0 Å². The van der Waals surface area contributed by atoms with E-state index in [1.807, 2.05) is 30.3 Å². The van der Waals surface area contributed by atoms with E-state index in [-0.39, 0.29) is 25.4 Å². The quantitative estimate of drug-likeness (QED) is 0.842. The summed E-state index contributed by atoms with van der Waals surface area (Å²) in [5, 5.41) is 2.68. The summed E-state index contributed by atoms with van der Waals surface area (Å²) in [6, 6.07) is 8.88. The number of hydrogen-bond acceptors (Lipinski definition) is 5. The summed E-state index contributed by atoms with van der Waals surface area (Å²) in [5.41, 5.74) is 0.878. The molecule has 1 aromatic rings. The summed E-state index contributed by atoms with van der Waals surface area (Å²) >= 11 is 0. The predicted octanol–water partition coefficient (Wildman–Crippen LogP) is 2.21. The topological polar surface area (TPSA) is 81.7 Å². The molecule has 0 saturated heterocycles.